The van der Waals surface area contributed by atoms with Gasteiger partial charge in [-0.2, -0.15) is 0 Å². The number of carbonyl (C=O) groups excluding carboxylic acids is 1. The predicted octanol–water partition coefficient (Wildman–Crippen LogP) is 2.28. The highest BCUT2D eigenvalue weighted by atomic mass is 32.2. The minimum Gasteiger partial charge on any atom is -0.299 e. The molecule has 1 amide bonds. The average Bonchev–Trinajstić information content (AvgIpc) is 2.41. The van der Waals surface area contributed by atoms with Crippen LogP contribution in [0.15, 0.2) is 41.8 Å². The molecule has 0 bridgehead atoms. The van der Waals surface area contributed by atoms with E-state index < -0.39 is 9.84 Å². The van der Waals surface area contributed by atoms with Crippen molar-refractivity contribution < 1.29 is 13.2 Å². The first-order valence-corrected chi connectivity index (χ1v) is 8.28. The van der Waals surface area contributed by atoms with Gasteiger partial charge < -0.3 is 0 Å². The molecule has 20 heavy (non-hydrogen) atoms. The molecule has 6 heteroatoms. The summed E-state index contributed by atoms with van der Waals surface area (Å²) in [6.45, 7) is 3.62. The first-order chi connectivity index (χ1) is 9.43. The largest absolute Gasteiger partial charge is 0.299 e. The summed E-state index contributed by atoms with van der Waals surface area (Å²) in [5, 5.41) is 0. The number of amides is 1. The number of allylic oxidation sites excluding steroid dienone is 1. The molecule has 2 N–H and O–H groups in total. The highest BCUT2D eigenvalue weighted by Gasteiger charge is 2.06. The number of carbonyl (C=O) groups is 1. The molecular formula is C14H20N2O3S. The number of rotatable bonds is 8. The van der Waals surface area contributed by atoms with E-state index >= 15 is 0 Å². The van der Waals surface area contributed by atoms with Crippen molar-refractivity contribution in [2.24, 2.45) is 0 Å². The van der Waals surface area contributed by atoms with Gasteiger partial charge in [-0.15, -0.1) is 6.58 Å². The van der Waals surface area contributed by atoms with Crippen molar-refractivity contribution in [1.82, 2.24) is 5.43 Å². The van der Waals surface area contributed by atoms with E-state index in [-0.39, 0.29) is 10.8 Å². The summed E-state index contributed by atoms with van der Waals surface area (Å²) in [6, 6.07) is 6.20. The molecule has 0 radical (unpaired) electrons. The second-order valence-electron chi connectivity index (χ2n) is 4.50. The lowest BCUT2D eigenvalue weighted by atomic mass is 10.2. The lowest BCUT2D eigenvalue weighted by molar-refractivity contribution is -0.120. The van der Waals surface area contributed by atoms with Crippen molar-refractivity contribution in [1.29, 1.82) is 0 Å². The normalized spacial score (nSPS) is 10.8. The second-order valence-corrected chi connectivity index (χ2v) is 6.52. The van der Waals surface area contributed by atoms with Crippen LogP contribution in [0.25, 0.3) is 0 Å². The molecule has 0 saturated heterocycles. The first kappa shape index (κ1) is 16.2. The van der Waals surface area contributed by atoms with E-state index in [0.29, 0.717) is 12.1 Å². The fourth-order valence-electron chi connectivity index (χ4n) is 1.56. The Kier molecular flexibility index (Phi) is 6.24. The Hall–Kier alpha value is -1.82. The molecule has 1 rings (SSSR count). The summed E-state index contributed by atoms with van der Waals surface area (Å²) in [4.78, 5) is 11.8. The van der Waals surface area contributed by atoms with Crippen LogP contribution >= 0.6 is 0 Å². The number of sulfone groups is 1. The summed E-state index contributed by atoms with van der Waals surface area (Å²) < 4.78 is 22.6. The third-order valence-electron chi connectivity index (χ3n) is 2.69. The molecule has 0 aliphatic rings. The van der Waals surface area contributed by atoms with Crippen LogP contribution in [0.3, 0.4) is 0 Å². The zero-order valence-corrected chi connectivity index (χ0v) is 12.4. The van der Waals surface area contributed by atoms with Crippen molar-refractivity contribution in [3.8, 4) is 0 Å². The van der Waals surface area contributed by atoms with Gasteiger partial charge in [0.05, 0.1) is 10.6 Å². The van der Waals surface area contributed by atoms with E-state index in [4.69, 9.17) is 0 Å². The molecule has 5 nitrogen and oxygen atoms in total. The third-order valence-corrected chi connectivity index (χ3v) is 3.82. The number of hydrazine groups is 1. The smallest absolute Gasteiger partial charge is 0.238 e. The van der Waals surface area contributed by atoms with Gasteiger partial charge in [-0.3, -0.25) is 15.6 Å². The number of hydrogen-bond donors (Lipinski definition) is 2. The molecule has 1 aromatic rings. The molecule has 0 heterocycles. The standard InChI is InChI=1S/C14H20N2O3S/c1-3-4-5-6-7-14(17)16-15-12-8-10-13(11-9-12)20(2,18)19/h3,8-11,15H,1,4-7H2,2H3,(H,16,17). The Morgan fingerprint density at radius 2 is 1.90 bits per heavy atom. The number of nitrogens with one attached hydrogen (secondary N) is 2. The quantitative estimate of drug-likeness (QED) is 0.438. The zero-order chi connectivity index (χ0) is 15.0. The van der Waals surface area contributed by atoms with Gasteiger partial charge in [-0.25, -0.2) is 8.42 Å². The summed E-state index contributed by atoms with van der Waals surface area (Å²) in [5.74, 6) is -0.0961. The van der Waals surface area contributed by atoms with Crippen molar-refractivity contribution in [3.63, 3.8) is 0 Å². The second kappa shape index (κ2) is 7.69. The molecular weight excluding hydrogens is 276 g/mol. The van der Waals surface area contributed by atoms with Gasteiger partial charge in [0.15, 0.2) is 9.84 Å². The lowest BCUT2D eigenvalue weighted by Crippen LogP contribution is -2.28. The van der Waals surface area contributed by atoms with Gasteiger partial charge in [0.2, 0.25) is 5.91 Å². The fourth-order valence-corrected chi connectivity index (χ4v) is 2.19. The lowest BCUT2D eigenvalue weighted by Gasteiger charge is -2.08. The molecule has 0 fully saturated rings. The summed E-state index contributed by atoms with van der Waals surface area (Å²) in [6.07, 6.45) is 6.10. The van der Waals surface area contributed by atoms with Crippen LogP contribution in [0.2, 0.25) is 0 Å². The fraction of sp³-hybridized carbons (Fsp3) is 0.357. The first-order valence-electron chi connectivity index (χ1n) is 6.39. The van der Waals surface area contributed by atoms with Gasteiger partial charge in [-0.1, -0.05) is 6.08 Å². The molecule has 0 aromatic heterocycles. The Morgan fingerprint density at radius 3 is 2.45 bits per heavy atom. The molecule has 0 saturated carbocycles. The number of benzene rings is 1. The van der Waals surface area contributed by atoms with Crippen molar-refractivity contribution in [2.75, 3.05) is 11.7 Å². The zero-order valence-electron chi connectivity index (χ0n) is 11.6. The Bertz CT molecular complexity index is 550. The summed E-state index contributed by atoms with van der Waals surface area (Å²) >= 11 is 0. The van der Waals surface area contributed by atoms with E-state index in [0.717, 1.165) is 25.5 Å². The molecule has 0 aliphatic heterocycles. The minimum absolute atomic E-state index is 0.0961. The van der Waals surface area contributed by atoms with Crippen LogP contribution in [0.4, 0.5) is 5.69 Å². The summed E-state index contributed by atoms with van der Waals surface area (Å²) in [5.41, 5.74) is 5.96. The van der Waals surface area contributed by atoms with Gasteiger partial charge in [0.25, 0.3) is 0 Å². The van der Waals surface area contributed by atoms with Crippen molar-refractivity contribution >= 4 is 21.4 Å². The van der Waals surface area contributed by atoms with Gasteiger partial charge in [0.1, 0.15) is 0 Å². The molecule has 0 atom stereocenters. The average molecular weight is 296 g/mol. The Morgan fingerprint density at radius 1 is 1.25 bits per heavy atom. The maximum atomic E-state index is 11.5. The van der Waals surface area contributed by atoms with Crippen molar-refractivity contribution in [3.05, 3.63) is 36.9 Å². The molecule has 0 unspecified atom stereocenters. The highest BCUT2D eigenvalue weighted by molar-refractivity contribution is 7.90. The topological polar surface area (TPSA) is 75.3 Å². The van der Waals surface area contributed by atoms with Crippen LogP contribution in [-0.2, 0) is 14.6 Å². The SMILES string of the molecule is C=CCCCCC(=O)NNc1ccc(S(C)(=O)=O)cc1. The maximum absolute atomic E-state index is 11.5. The molecule has 0 spiro atoms. The van der Waals surface area contributed by atoms with Crippen LogP contribution in [0.1, 0.15) is 25.7 Å². The van der Waals surface area contributed by atoms with E-state index in [1.54, 1.807) is 12.1 Å². The molecule has 1 aromatic carbocycles. The third kappa shape index (κ3) is 5.88. The minimum atomic E-state index is -3.19. The van der Waals surface area contributed by atoms with Gasteiger partial charge in [0, 0.05) is 12.7 Å². The van der Waals surface area contributed by atoms with E-state index in [9.17, 15) is 13.2 Å². The highest BCUT2D eigenvalue weighted by Crippen LogP contribution is 2.13. The van der Waals surface area contributed by atoms with Crippen LogP contribution < -0.4 is 10.9 Å². The van der Waals surface area contributed by atoms with E-state index in [1.165, 1.54) is 12.1 Å². The van der Waals surface area contributed by atoms with Crippen LogP contribution in [0, 0.1) is 0 Å². The van der Waals surface area contributed by atoms with Crippen LogP contribution in [-0.4, -0.2) is 20.6 Å². The van der Waals surface area contributed by atoms with Gasteiger partial charge in [-0.05, 0) is 43.5 Å². The predicted molar refractivity (Wildman–Crippen MR) is 80.0 cm³/mol. The number of hydrogen-bond acceptors (Lipinski definition) is 4. The Balaban J connectivity index is 2.38. The van der Waals surface area contributed by atoms with Gasteiger partial charge >= 0.3 is 0 Å². The van der Waals surface area contributed by atoms with E-state index in [1.807, 2.05) is 6.08 Å². The summed E-state index contributed by atoms with van der Waals surface area (Å²) in [7, 11) is -3.19. The molecule has 110 valence electrons. The van der Waals surface area contributed by atoms with Crippen LogP contribution in [0.5, 0.6) is 0 Å². The van der Waals surface area contributed by atoms with Crippen molar-refractivity contribution in [2.45, 2.75) is 30.6 Å². The maximum Gasteiger partial charge on any atom is 0.238 e. The number of unbranched alkanes of at least 4 members (excludes halogenated alkanes) is 2. The Labute approximate surface area is 120 Å². The van der Waals surface area contributed by atoms with E-state index in [2.05, 4.69) is 17.4 Å². The number of anilines is 1. The monoisotopic (exact) mass is 296 g/mol. The molecule has 0 aliphatic carbocycles.